The number of nitro benzene ring substituents is 1. The summed E-state index contributed by atoms with van der Waals surface area (Å²) in [7, 11) is 1.67. The lowest BCUT2D eigenvalue weighted by atomic mass is 10.1. The number of rotatable bonds is 4. The Labute approximate surface area is 118 Å². The van der Waals surface area contributed by atoms with Gasteiger partial charge >= 0.3 is 0 Å². The average molecular weight is 293 g/mol. The minimum atomic E-state index is -0.491. The maximum atomic E-state index is 12.0. The molecule has 0 bridgehead atoms. The van der Waals surface area contributed by atoms with Gasteiger partial charge in [0.1, 0.15) is 0 Å². The maximum absolute atomic E-state index is 12.0. The Morgan fingerprint density at radius 2 is 2.15 bits per heavy atom. The van der Waals surface area contributed by atoms with Gasteiger partial charge in [-0.1, -0.05) is 17.4 Å². The van der Waals surface area contributed by atoms with E-state index in [9.17, 15) is 14.9 Å². The van der Waals surface area contributed by atoms with Crippen LogP contribution in [-0.2, 0) is 0 Å². The number of carbonyl (C=O) groups excluding carboxylic acids is 1. The first kappa shape index (κ1) is 13.9. The van der Waals surface area contributed by atoms with E-state index >= 15 is 0 Å². The van der Waals surface area contributed by atoms with Gasteiger partial charge in [0.05, 0.1) is 16.2 Å². The molecule has 0 radical (unpaired) electrons. The fourth-order valence-electron chi connectivity index (χ4n) is 1.55. The molecule has 0 aliphatic heterocycles. The number of benzene rings is 1. The average Bonchev–Trinajstić information content (AvgIpc) is 2.89. The van der Waals surface area contributed by atoms with E-state index in [1.54, 1.807) is 20.0 Å². The normalized spacial score (nSPS) is 10.1. The van der Waals surface area contributed by atoms with Crippen LogP contribution in [0, 0.1) is 17.0 Å². The summed E-state index contributed by atoms with van der Waals surface area (Å²) in [6.45, 7) is 1.58. The molecule has 2 aromatic rings. The minimum Gasteiger partial charge on any atom is -0.363 e. The number of aromatic nitrogens is 2. The first-order valence-electron chi connectivity index (χ1n) is 5.59. The summed E-state index contributed by atoms with van der Waals surface area (Å²) in [4.78, 5) is 22.3. The Kier molecular flexibility index (Phi) is 3.89. The molecular formula is C11H11N5O3S. The molecule has 0 spiro atoms. The molecule has 2 rings (SSSR count). The summed E-state index contributed by atoms with van der Waals surface area (Å²) in [6.07, 6.45) is 0. The van der Waals surface area contributed by atoms with Crippen molar-refractivity contribution in [1.82, 2.24) is 10.2 Å². The van der Waals surface area contributed by atoms with Gasteiger partial charge in [-0.2, -0.15) is 0 Å². The zero-order chi connectivity index (χ0) is 14.7. The van der Waals surface area contributed by atoms with E-state index in [1.165, 1.54) is 12.1 Å². The van der Waals surface area contributed by atoms with Crippen LogP contribution in [0.5, 0.6) is 0 Å². The number of nitrogens with one attached hydrogen (secondary N) is 2. The lowest BCUT2D eigenvalue weighted by molar-refractivity contribution is -0.385. The lowest BCUT2D eigenvalue weighted by Crippen LogP contribution is -2.13. The Balaban J connectivity index is 2.24. The van der Waals surface area contributed by atoms with Gasteiger partial charge in [-0.15, -0.1) is 10.2 Å². The molecule has 8 nitrogen and oxygen atoms in total. The third-order valence-electron chi connectivity index (χ3n) is 2.58. The van der Waals surface area contributed by atoms with Crippen LogP contribution in [0.1, 0.15) is 15.4 Å². The molecule has 1 heterocycles. The summed E-state index contributed by atoms with van der Waals surface area (Å²) in [5.41, 5.74) is 0.727. The molecule has 1 aromatic heterocycles. The zero-order valence-electron chi connectivity index (χ0n) is 10.7. The van der Waals surface area contributed by atoms with Crippen molar-refractivity contribution in [1.29, 1.82) is 0 Å². The molecule has 0 atom stereocenters. The van der Waals surface area contributed by atoms with Gasteiger partial charge in [-0.3, -0.25) is 14.9 Å². The van der Waals surface area contributed by atoms with Gasteiger partial charge in [0.2, 0.25) is 10.1 Å². The van der Waals surface area contributed by atoms with Gasteiger partial charge in [-0.05, 0) is 13.0 Å². The van der Waals surface area contributed by atoms with E-state index < -0.39 is 10.8 Å². The van der Waals surface area contributed by atoms with Crippen molar-refractivity contribution in [2.75, 3.05) is 17.7 Å². The second-order valence-electron chi connectivity index (χ2n) is 3.82. The van der Waals surface area contributed by atoms with E-state index in [4.69, 9.17) is 0 Å². The van der Waals surface area contributed by atoms with Crippen LogP contribution in [0.3, 0.4) is 0 Å². The van der Waals surface area contributed by atoms with Crippen LogP contribution in [-0.4, -0.2) is 28.1 Å². The topological polar surface area (TPSA) is 110 Å². The van der Waals surface area contributed by atoms with E-state index in [2.05, 4.69) is 20.8 Å². The van der Waals surface area contributed by atoms with E-state index in [0.29, 0.717) is 16.4 Å². The van der Waals surface area contributed by atoms with E-state index in [0.717, 1.165) is 11.3 Å². The Morgan fingerprint density at radius 3 is 2.75 bits per heavy atom. The zero-order valence-corrected chi connectivity index (χ0v) is 11.5. The molecule has 0 unspecified atom stereocenters. The number of hydrogen-bond acceptors (Lipinski definition) is 7. The van der Waals surface area contributed by atoms with Crippen LogP contribution in [0.4, 0.5) is 16.5 Å². The quantitative estimate of drug-likeness (QED) is 0.659. The van der Waals surface area contributed by atoms with Crippen molar-refractivity contribution in [2.45, 2.75) is 6.92 Å². The molecule has 0 aliphatic rings. The Morgan fingerprint density at radius 1 is 1.40 bits per heavy atom. The standard InChI is InChI=1S/C11H11N5O3S/c1-6-7(4-3-5-8(6)16(18)19)13-9(17)10-14-15-11(12-2)20-10/h3-5H,1-2H3,(H,12,15)(H,13,17). The number of hydrogen-bond donors (Lipinski definition) is 2. The predicted molar refractivity (Wildman–Crippen MR) is 75.2 cm³/mol. The number of amides is 1. The SMILES string of the molecule is CNc1nnc(C(=O)Nc2cccc([N+](=O)[O-])c2C)s1. The first-order chi connectivity index (χ1) is 9.52. The molecule has 0 aliphatic carbocycles. The monoisotopic (exact) mass is 293 g/mol. The Hall–Kier alpha value is -2.55. The summed E-state index contributed by atoms with van der Waals surface area (Å²) in [5.74, 6) is -0.451. The third kappa shape index (κ3) is 2.72. The number of anilines is 2. The molecule has 2 N–H and O–H groups in total. The minimum absolute atomic E-state index is 0.0454. The van der Waals surface area contributed by atoms with Gasteiger partial charge in [0.15, 0.2) is 0 Å². The van der Waals surface area contributed by atoms with Crippen LogP contribution in [0.15, 0.2) is 18.2 Å². The van der Waals surface area contributed by atoms with E-state index in [1.807, 2.05) is 0 Å². The molecule has 1 amide bonds. The smallest absolute Gasteiger partial charge is 0.286 e. The molecule has 9 heteroatoms. The summed E-state index contributed by atoms with van der Waals surface area (Å²) in [5, 5.41) is 24.4. The maximum Gasteiger partial charge on any atom is 0.286 e. The van der Waals surface area contributed by atoms with Crippen molar-refractivity contribution < 1.29 is 9.72 Å². The number of nitro groups is 1. The molecule has 0 saturated heterocycles. The summed E-state index contributed by atoms with van der Waals surface area (Å²) < 4.78 is 0. The second-order valence-corrected chi connectivity index (χ2v) is 4.80. The van der Waals surface area contributed by atoms with Gasteiger partial charge in [0, 0.05) is 13.1 Å². The number of carbonyl (C=O) groups is 1. The first-order valence-corrected chi connectivity index (χ1v) is 6.41. The highest BCUT2D eigenvalue weighted by atomic mass is 32.1. The van der Waals surface area contributed by atoms with Crippen molar-refractivity contribution in [3.8, 4) is 0 Å². The highest BCUT2D eigenvalue weighted by Crippen LogP contribution is 2.26. The molecule has 0 fully saturated rings. The summed E-state index contributed by atoms with van der Waals surface area (Å²) >= 11 is 1.10. The molecule has 104 valence electrons. The fraction of sp³-hybridized carbons (Fsp3) is 0.182. The lowest BCUT2D eigenvalue weighted by Gasteiger charge is -2.06. The van der Waals surface area contributed by atoms with Gasteiger partial charge < -0.3 is 10.6 Å². The van der Waals surface area contributed by atoms with Crippen LogP contribution in [0.2, 0.25) is 0 Å². The van der Waals surface area contributed by atoms with Crippen molar-refractivity contribution >= 4 is 33.8 Å². The molecular weight excluding hydrogens is 282 g/mol. The van der Waals surface area contributed by atoms with Crippen molar-refractivity contribution in [3.05, 3.63) is 38.9 Å². The van der Waals surface area contributed by atoms with Crippen molar-refractivity contribution in [3.63, 3.8) is 0 Å². The van der Waals surface area contributed by atoms with Gasteiger partial charge in [0.25, 0.3) is 11.6 Å². The molecule has 1 aromatic carbocycles. The van der Waals surface area contributed by atoms with Crippen LogP contribution < -0.4 is 10.6 Å². The van der Waals surface area contributed by atoms with Crippen molar-refractivity contribution in [2.24, 2.45) is 0 Å². The highest BCUT2D eigenvalue weighted by Gasteiger charge is 2.17. The number of nitrogens with zero attached hydrogens (tertiary/aromatic N) is 3. The van der Waals surface area contributed by atoms with Crippen LogP contribution >= 0.6 is 11.3 Å². The second kappa shape index (κ2) is 5.61. The van der Waals surface area contributed by atoms with Crippen LogP contribution in [0.25, 0.3) is 0 Å². The highest BCUT2D eigenvalue weighted by molar-refractivity contribution is 7.17. The fourth-order valence-corrected chi connectivity index (χ4v) is 2.14. The summed E-state index contributed by atoms with van der Waals surface area (Å²) in [6, 6.07) is 4.50. The third-order valence-corrected chi connectivity index (χ3v) is 3.52. The Bertz CT molecular complexity index is 670. The largest absolute Gasteiger partial charge is 0.363 e. The molecule has 0 saturated carbocycles. The predicted octanol–water partition coefficient (Wildman–Crippen LogP) is 2.05. The van der Waals surface area contributed by atoms with E-state index in [-0.39, 0.29) is 10.7 Å². The van der Waals surface area contributed by atoms with Gasteiger partial charge in [-0.25, -0.2) is 0 Å². The molecule has 20 heavy (non-hydrogen) atoms.